The number of hydrogen-bond acceptors (Lipinski definition) is 6. The standard InChI is InChI=1S/C31H40FN7/c1-23-33-30-29(24-6-9-26(10-7-24)38-20-16-36(3)17-21-38)34-28-22-25(32)8-11-27(28)31(30)39(23)13-5-4-12-37-18-14-35(2)15-19-37/h6-11,22H,4-5,12-21H2,1-3H3. The highest BCUT2D eigenvalue weighted by Gasteiger charge is 2.20. The van der Waals surface area contributed by atoms with Crippen molar-refractivity contribution < 1.29 is 4.39 Å². The third-order valence-electron chi connectivity index (χ3n) is 8.54. The van der Waals surface area contributed by atoms with E-state index in [0.717, 1.165) is 112 Å². The number of anilines is 1. The first-order chi connectivity index (χ1) is 19.0. The number of nitrogens with zero attached hydrogens (tertiary/aromatic N) is 7. The molecule has 206 valence electrons. The molecule has 8 heteroatoms. The SMILES string of the molecule is Cc1nc2c(-c3ccc(N4CCN(C)CC4)cc3)nc3cc(F)ccc3c2n1CCCCN1CCN(C)CC1. The van der Waals surface area contributed by atoms with Gasteiger partial charge in [-0.2, -0.15) is 0 Å². The van der Waals surface area contributed by atoms with Gasteiger partial charge in [0.15, 0.2) is 0 Å². The van der Waals surface area contributed by atoms with E-state index in [4.69, 9.17) is 9.97 Å². The second kappa shape index (κ2) is 11.2. The van der Waals surface area contributed by atoms with Crippen LogP contribution in [0.5, 0.6) is 0 Å². The summed E-state index contributed by atoms with van der Waals surface area (Å²) in [5.74, 6) is 0.721. The van der Waals surface area contributed by atoms with Gasteiger partial charge < -0.3 is 24.2 Å². The van der Waals surface area contributed by atoms with Gasteiger partial charge in [0.25, 0.3) is 0 Å². The number of fused-ring (bicyclic) bond motifs is 3. The summed E-state index contributed by atoms with van der Waals surface area (Å²) in [6.07, 6.45) is 2.24. The number of benzene rings is 2. The van der Waals surface area contributed by atoms with Crippen molar-refractivity contribution in [1.29, 1.82) is 0 Å². The fourth-order valence-electron chi connectivity index (χ4n) is 6.02. The Morgan fingerprint density at radius 2 is 1.44 bits per heavy atom. The molecule has 0 aliphatic carbocycles. The maximum atomic E-state index is 14.3. The molecule has 0 amide bonds. The van der Waals surface area contributed by atoms with Crippen LogP contribution in [-0.2, 0) is 6.54 Å². The first-order valence-corrected chi connectivity index (χ1v) is 14.4. The summed E-state index contributed by atoms with van der Waals surface area (Å²) in [4.78, 5) is 19.8. The van der Waals surface area contributed by atoms with E-state index in [0.29, 0.717) is 5.52 Å². The molecule has 2 aliphatic heterocycles. The first-order valence-electron chi connectivity index (χ1n) is 14.4. The molecule has 0 atom stereocenters. The van der Waals surface area contributed by atoms with Crippen LogP contribution in [0.15, 0.2) is 42.5 Å². The average molecular weight is 530 g/mol. The monoisotopic (exact) mass is 529 g/mol. The second-order valence-electron chi connectivity index (χ2n) is 11.3. The predicted octanol–water partition coefficient (Wildman–Crippen LogP) is 4.48. The molecule has 2 fully saturated rings. The van der Waals surface area contributed by atoms with Crippen LogP contribution in [-0.4, -0.2) is 102 Å². The molecule has 2 saturated heterocycles. The number of rotatable bonds is 7. The summed E-state index contributed by atoms with van der Waals surface area (Å²) < 4.78 is 16.7. The van der Waals surface area contributed by atoms with E-state index in [-0.39, 0.29) is 5.82 Å². The van der Waals surface area contributed by atoms with Crippen LogP contribution < -0.4 is 4.90 Å². The zero-order valence-corrected chi connectivity index (χ0v) is 23.5. The van der Waals surface area contributed by atoms with Crippen molar-refractivity contribution in [2.75, 3.05) is 77.9 Å². The molecule has 4 heterocycles. The van der Waals surface area contributed by atoms with Crippen LogP contribution >= 0.6 is 0 Å². The number of pyridine rings is 1. The Balaban J connectivity index is 1.29. The van der Waals surface area contributed by atoms with E-state index in [2.05, 4.69) is 69.5 Å². The molecule has 0 spiro atoms. The summed E-state index contributed by atoms with van der Waals surface area (Å²) >= 11 is 0. The van der Waals surface area contributed by atoms with E-state index in [1.54, 1.807) is 6.07 Å². The van der Waals surface area contributed by atoms with Gasteiger partial charge in [-0.1, -0.05) is 12.1 Å². The van der Waals surface area contributed by atoms with Gasteiger partial charge in [-0.05, 0) is 64.7 Å². The van der Waals surface area contributed by atoms with Crippen molar-refractivity contribution in [3.05, 3.63) is 54.1 Å². The van der Waals surface area contributed by atoms with Crippen LogP contribution in [0, 0.1) is 12.7 Å². The maximum Gasteiger partial charge on any atom is 0.125 e. The van der Waals surface area contributed by atoms with Gasteiger partial charge in [0, 0.05) is 81.6 Å². The smallest absolute Gasteiger partial charge is 0.125 e. The predicted molar refractivity (Wildman–Crippen MR) is 158 cm³/mol. The molecule has 0 unspecified atom stereocenters. The van der Waals surface area contributed by atoms with E-state index < -0.39 is 0 Å². The summed E-state index contributed by atoms with van der Waals surface area (Å²) in [5, 5.41) is 0.962. The van der Waals surface area contributed by atoms with Gasteiger partial charge in [-0.3, -0.25) is 0 Å². The molecule has 0 bridgehead atoms. The van der Waals surface area contributed by atoms with Crippen molar-refractivity contribution >= 4 is 27.6 Å². The zero-order chi connectivity index (χ0) is 26.9. The van der Waals surface area contributed by atoms with Crippen molar-refractivity contribution in [1.82, 2.24) is 29.2 Å². The first kappa shape index (κ1) is 26.2. The minimum Gasteiger partial charge on any atom is -0.369 e. The number of piperazine rings is 2. The van der Waals surface area contributed by atoms with Gasteiger partial charge in [0.2, 0.25) is 0 Å². The highest BCUT2D eigenvalue weighted by Crippen LogP contribution is 2.34. The fourth-order valence-corrected chi connectivity index (χ4v) is 6.02. The Bertz CT molecular complexity index is 1430. The average Bonchev–Trinajstić information content (AvgIpc) is 3.28. The molecular formula is C31H40FN7. The number of halogens is 1. The van der Waals surface area contributed by atoms with Gasteiger partial charge in [0.05, 0.1) is 16.7 Å². The zero-order valence-electron chi connectivity index (χ0n) is 23.5. The topological polar surface area (TPSA) is 43.7 Å². The molecule has 0 N–H and O–H groups in total. The molecule has 6 rings (SSSR count). The summed E-state index contributed by atoms with van der Waals surface area (Å²) in [6, 6.07) is 13.6. The minimum absolute atomic E-state index is 0.263. The lowest BCUT2D eigenvalue weighted by Gasteiger charge is -2.34. The van der Waals surface area contributed by atoms with Crippen molar-refractivity contribution in [2.45, 2.75) is 26.3 Å². The Labute approximate surface area is 230 Å². The second-order valence-corrected chi connectivity index (χ2v) is 11.3. The number of imidazole rings is 1. The Morgan fingerprint density at radius 1 is 0.769 bits per heavy atom. The number of likely N-dealkylation sites (N-methyl/N-ethyl adjacent to an activating group) is 2. The molecule has 2 aromatic carbocycles. The van der Waals surface area contributed by atoms with Crippen molar-refractivity contribution in [2.24, 2.45) is 0 Å². The lowest BCUT2D eigenvalue weighted by molar-refractivity contribution is 0.151. The molecule has 2 aliphatic rings. The highest BCUT2D eigenvalue weighted by molar-refractivity contribution is 6.08. The number of unbranched alkanes of at least 4 members (excludes halogenated alkanes) is 1. The summed E-state index contributed by atoms with van der Waals surface area (Å²) in [6.45, 7) is 12.9. The lowest BCUT2D eigenvalue weighted by atomic mass is 10.1. The molecule has 0 radical (unpaired) electrons. The van der Waals surface area contributed by atoms with Gasteiger partial charge in [0.1, 0.15) is 17.2 Å². The van der Waals surface area contributed by atoms with Crippen LogP contribution in [0.1, 0.15) is 18.7 Å². The Morgan fingerprint density at radius 3 is 2.15 bits per heavy atom. The minimum atomic E-state index is -0.263. The Kier molecular flexibility index (Phi) is 7.51. The molecule has 39 heavy (non-hydrogen) atoms. The largest absolute Gasteiger partial charge is 0.369 e. The van der Waals surface area contributed by atoms with E-state index >= 15 is 0 Å². The highest BCUT2D eigenvalue weighted by atomic mass is 19.1. The van der Waals surface area contributed by atoms with E-state index in [1.807, 2.05) is 6.07 Å². The summed E-state index contributed by atoms with van der Waals surface area (Å²) in [5.41, 5.74) is 5.72. The lowest BCUT2D eigenvalue weighted by Crippen LogP contribution is -2.44. The van der Waals surface area contributed by atoms with Crippen LogP contribution in [0.25, 0.3) is 33.2 Å². The van der Waals surface area contributed by atoms with E-state index in [1.165, 1.54) is 11.8 Å². The quantitative estimate of drug-likeness (QED) is 0.329. The molecule has 2 aromatic heterocycles. The molecule has 7 nitrogen and oxygen atoms in total. The number of hydrogen-bond donors (Lipinski definition) is 0. The summed E-state index contributed by atoms with van der Waals surface area (Å²) in [7, 11) is 4.38. The van der Waals surface area contributed by atoms with Gasteiger partial charge >= 0.3 is 0 Å². The third-order valence-corrected chi connectivity index (χ3v) is 8.54. The number of aromatic nitrogens is 3. The van der Waals surface area contributed by atoms with E-state index in [9.17, 15) is 4.39 Å². The van der Waals surface area contributed by atoms with Crippen LogP contribution in [0.2, 0.25) is 0 Å². The molecule has 4 aromatic rings. The van der Waals surface area contributed by atoms with Crippen LogP contribution in [0.3, 0.4) is 0 Å². The maximum absolute atomic E-state index is 14.3. The number of aryl methyl sites for hydroxylation is 2. The normalized spacial score (nSPS) is 18.0. The molecule has 0 saturated carbocycles. The van der Waals surface area contributed by atoms with Crippen LogP contribution in [0.4, 0.5) is 10.1 Å². The Hall–Kier alpha value is -3.07. The molecular weight excluding hydrogens is 489 g/mol. The van der Waals surface area contributed by atoms with Gasteiger partial charge in [-0.15, -0.1) is 0 Å². The van der Waals surface area contributed by atoms with Crippen molar-refractivity contribution in [3.8, 4) is 11.3 Å². The van der Waals surface area contributed by atoms with Crippen molar-refractivity contribution in [3.63, 3.8) is 0 Å². The van der Waals surface area contributed by atoms with Gasteiger partial charge in [-0.25, -0.2) is 14.4 Å². The fraction of sp³-hybridized carbons (Fsp3) is 0.484. The third kappa shape index (κ3) is 5.51.